The highest BCUT2D eigenvalue weighted by atomic mass is 16.2. The van der Waals surface area contributed by atoms with Crippen molar-refractivity contribution >= 4 is 17.3 Å². The maximum absolute atomic E-state index is 11.8. The average Bonchev–Trinajstić information content (AvgIpc) is 2.27. The molecule has 0 fully saturated rings. The van der Waals surface area contributed by atoms with E-state index in [9.17, 15) is 4.79 Å². The first-order chi connectivity index (χ1) is 7.22. The summed E-state index contributed by atoms with van der Waals surface area (Å²) in [6, 6.07) is 7.68. The lowest BCUT2D eigenvalue weighted by molar-refractivity contribution is -0.118. The molecule has 1 aliphatic rings. The van der Waals surface area contributed by atoms with Crippen molar-refractivity contribution in [3.8, 4) is 0 Å². The molecule has 0 saturated carbocycles. The number of carbonyl (C=O) groups excluding carboxylic acids is 1. The van der Waals surface area contributed by atoms with Crippen LogP contribution in [0.4, 0.5) is 11.4 Å². The number of fused-ring (bicyclic) bond motifs is 1. The van der Waals surface area contributed by atoms with E-state index in [0.717, 1.165) is 17.8 Å². The molecule has 1 heterocycles. The van der Waals surface area contributed by atoms with E-state index >= 15 is 0 Å². The molecule has 1 aromatic carbocycles. The maximum atomic E-state index is 11.8. The van der Waals surface area contributed by atoms with Crippen LogP contribution < -0.4 is 10.6 Å². The molecule has 2 N–H and O–H groups in total. The second kappa shape index (κ2) is 3.93. The number of benzene rings is 1. The van der Waals surface area contributed by atoms with Gasteiger partial charge in [-0.05, 0) is 18.1 Å². The van der Waals surface area contributed by atoms with Gasteiger partial charge in [-0.25, -0.2) is 0 Å². The summed E-state index contributed by atoms with van der Waals surface area (Å²) in [5.74, 6) is 0.418. The van der Waals surface area contributed by atoms with Gasteiger partial charge in [-0.2, -0.15) is 0 Å². The lowest BCUT2D eigenvalue weighted by Gasteiger charge is -2.30. The highest BCUT2D eigenvalue weighted by molar-refractivity contribution is 6.03. The average molecular weight is 204 g/mol. The zero-order valence-corrected chi connectivity index (χ0v) is 9.08. The van der Waals surface area contributed by atoms with Crippen LogP contribution in [0.3, 0.4) is 0 Å². The third-order valence-corrected chi connectivity index (χ3v) is 2.99. The summed E-state index contributed by atoms with van der Waals surface area (Å²) in [5.41, 5.74) is 1.89. The first-order valence-electron chi connectivity index (χ1n) is 5.38. The number of rotatable bonds is 2. The van der Waals surface area contributed by atoms with E-state index in [4.69, 9.17) is 0 Å². The Hall–Kier alpha value is -1.51. The van der Waals surface area contributed by atoms with E-state index in [1.807, 2.05) is 24.3 Å². The van der Waals surface area contributed by atoms with Crippen LogP contribution in [-0.2, 0) is 4.79 Å². The molecule has 0 saturated heterocycles. The molecule has 0 unspecified atom stereocenters. The van der Waals surface area contributed by atoms with Gasteiger partial charge < -0.3 is 10.6 Å². The smallest absolute Gasteiger partial charge is 0.247 e. The molecular weight excluding hydrogens is 188 g/mol. The largest absolute Gasteiger partial charge is 0.372 e. The fourth-order valence-corrected chi connectivity index (χ4v) is 1.80. The Kier molecular flexibility index (Phi) is 2.62. The third-order valence-electron chi connectivity index (χ3n) is 2.99. The van der Waals surface area contributed by atoms with Crippen LogP contribution in [0.25, 0.3) is 0 Å². The van der Waals surface area contributed by atoms with Gasteiger partial charge in [0, 0.05) is 0 Å². The van der Waals surface area contributed by atoms with E-state index in [-0.39, 0.29) is 11.9 Å². The van der Waals surface area contributed by atoms with Crippen LogP contribution in [-0.4, -0.2) is 11.9 Å². The molecule has 0 radical (unpaired) electrons. The monoisotopic (exact) mass is 204 g/mol. The topological polar surface area (TPSA) is 41.1 Å². The summed E-state index contributed by atoms with van der Waals surface area (Å²) in [6.07, 6.45) is 0.993. The van der Waals surface area contributed by atoms with Gasteiger partial charge in [0.25, 0.3) is 0 Å². The molecule has 80 valence electrons. The molecule has 15 heavy (non-hydrogen) atoms. The van der Waals surface area contributed by atoms with Crippen molar-refractivity contribution in [1.29, 1.82) is 0 Å². The molecule has 1 aliphatic heterocycles. The fraction of sp³-hybridized carbons (Fsp3) is 0.417. The number of anilines is 2. The number of hydrogen-bond acceptors (Lipinski definition) is 2. The second-order valence-electron chi connectivity index (χ2n) is 4.04. The highest BCUT2D eigenvalue weighted by Gasteiger charge is 2.28. The van der Waals surface area contributed by atoms with Gasteiger partial charge in [-0.3, -0.25) is 4.79 Å². The van der Waals surface area contributed by atoms with E-state index in [2.05, 4.69) is 24.5 Å². The van der Waals surface area contributed by atoms with Gasteiger partial charge in [0.05, 0.1) is 11.4 Å². The first-order valence-corrected chi connectivity index (χ1v) is 5.38. The Bertz CT molecular complexity index is 376. The van der Waals surface area contributed by atoms with Crippen molar-refractivity contribution in [2.45, 2.75) is 26.3 Å². The molecule has 0 spiro atoms. The number of carbonyl (C=O) groups is 1. The molecule has 2 atom stereocenters. The van der Waals surface area contributed by atoms with Crippen molar-refractivity contribution in [2.24, 2.45) is 5.92 Å². The summed E-state index contributed by atoms with van der Waals surface area (Å²) in [7, 11) is 0. The van der Waals surface area contributed by atoms with Gasteiger partial charge in [-0.1, -0.05) is 32.4 Å². The van der Waals surface area contributed by atoms with Gasteiger partial charge in [0.2, 0.25) is 5.91 Å². The predicted molar refractivity (Wildman–Crippen MR) is 61.9 cm³/mol. The summed E-state index contributed by atoms with van der Waals surface area (Å²) in [5, 5.41) is 6.21. The zero-order chi connectivity index (χ0) is 10.8. The molecular formula is C12H16N2O. The molecule has 2 rings (SSSR count). The minimum atomic E-state index is -0.107. The molecule has 1 amide bonds. The summed E-state index contributed by atoms with van der Waals surface area (Å²) in [4.78, 5) is 11.8. The second-order valence-corrected chi connectivity index (χ2v) is 4.04. The molecule has 3 heteroatoms. The Morgan fingerprint density at radius 1 is 1.33 bits per heavy atom. The van der Waals surface area contributed by atoms with Gasteiger partial charge in [0.15, 0.2) is 0 Å². The van der Waals surface area contributed by atoms with E-state index in [0.29, 0.717) is 5.92 Å². The first kappa shape index (κ1) is 10.0. The van der Waals surface area contributed by atoms with Crippen LogP contribution in [0, 0.1) is 5.92 Å². The SMILES string of the molecule is CC[C@H](C)[C@H]1Nc2ccccc2NC1=O. The molecule has 0 bridgehead atoms. The zero-order valence-electron chi connectivity index (χ0n) is 9.08. The van der Waals surface area contributed by atoms with Crippen molar-refractivity contribution in [2.75, 3.05) is 10.6 Å². The van der Waals surface area contributed by atoms with Crippen LogP contribution in [0.15, 0.2) is 24.3 Å². The van der Waals surface area contributed by atoms with Crippen molar-refractivity contribution in [1.82, 2.24) is 0 Å². The lowest BCUT2D eigenvalue weighted by Crippen LogP contribution is -2.43. The molecule has 1 aromatic rings. The third kappa shape index (κ3) is 1.82. The normalized spacial score (nSPS) is 21.2. The van der Waals surface area contributed by atoms with Gasteiger partial charge >= 0.3 is 0 Å². The molecule has 0 aliphatic carbocycles. The number of hydrogen-bond donors (Lipinski definition) is 2. The van der Waals surface area contributed by atoms with Crippen molar-refractivity contribution in [3.05, 3.63) is 24.3 Å². The highest BCUT2D eigenvalue weighted by Crippen LogP contribution is 2.28. The molecule has 3 nitrogen and oxygen atoms in total. The lowest BCUT2D eigenvalue weighted by atomic mass is 9.96. The van der Waals surface area contributed by atoms with Crippen LogP contribution in [0.5, 0.6) is 0 Å². The summed E-state index contributed by atoms with van der Waals surface area (Å²) >= 11 is 0. The van der Waals surface area contributed by atoms with E-state index < -0.39 is 0 Å². The number of nitrogens with one attached hydrogen (secondary N) is 2. The maximum Gasteiger partial charge on any atom is 0.247 e. The van der Waals surface area contributed by atoms with E-state index in [1.165, 1.54) is 0 Å². The standard InChI is InChI=1S/C12H16N2O/c1-3-8(2)11-12(15)14-10-7-5-4-6-9(10)13-11/h4-8,11,13H,3H2,1-2H3,(H,14,15)/t8-,11+/m0/s1. The summed E-state index contributed by atoms with van der Waals surface area (Å²) < 4.78 is 0. The van der Waals surface area contributed by atoms with Gasteiger partial charge in [0.1, 0.15) is 6.04 Å². The fourth-order valence-electron chi connectivity index (χ4n) is 1.80. The van der Waals surface area contributed by atoms with Crippen LogP contribution in [0.2, 0.25) is 0 Å². The van der Waals surface area contributed by atoms with Crippen molar-refractivity contribution < 1.29 is 4.79 Å². The quantitative estimate of drug-likeness (QED) is 0.777. The Balaban J connectivity index is 2.26. The minimum absolute atomic E-state index is 0.0723. The van der Waals surface area contributed by atoms with Crippen LogP contribution >= 0.6 is 0 Å². The van der Waals surface area contributed by atoms with E-state index in [1.54, 1.807) is 0 Å². The Labute approximate surface area is 89.9 Å². The number of amides is 1. The Morgan fingerprint density at radius 2 is 2.00 bits per heavy atom. The summed E-state index contributed by atoms with van der Waals surface area (Å²) in [6.45, 7) is 4.19. The number of para-hydroxylation sites is 2. The predicted octanol–water partition coefficient (Wildman–Crippen LogP) is 2.47. The molecule has 0 aromatic heterocycles. The van der Waals surface area contributed by atoms with Crippen molar-refractivity contribution in [3.63, 3.8) is 0 Å². The Morgan fingerprint density at radius 3 is 2.67 bits per heavy atom. The van der Waals surface area contributed by atoms with Gasteiger partial charge in [-0.15, -0.1) is 0 Å². The van der Waals surface area contributed by atoms with Crippen LogP contribution in [0.1, 0.15) is 20.3 Å². The minimum Gasteiger partial charge on any atom is -0.372 e.